The molecule has 1 aliphatic rings. The van der Waals surface area contributed by atoms with Gasteiger partial charge in [0, 0.05) is 0 Å². The van der Waals surface area contributed by atoms with Crippen molar-refractivity contribution in [2.45, 2.75) is 66.2 Å². The van der Waals surface area contributed by atoms with Crippen LogP contribution in [-0.2, 0) is 4.79 Å². The average Bonchev–Trinajstić information content (AvgIpc) is 2.60. The first-order valence-corrected chi connectivity index (χ1v) is 8.28. The van der Waals surface area contributed by atoms with Crippen molar-refractivity contribution in [1.82, 2.24) is 4.90 Å². The van der Waals surface area contributed by atoms with Crippen LogP contribution in [0.5, 0.6) is 0 Å². The largest absolute Gasteiger partial charge is 0.481 e. The standard InChI is InChI=1S/C17H33NO2/c1-14(2)15-8-7-12-18(13-9-15)11-6-5-10-17(3,4)16(19)20/h14-15H,5-13H2,1-4H3,(H,19,20). The molecule has 0 aromatic heterocycles. The zero-order chi connectivity index (χ0) is 15.2. The van der Waals surface area contributed by atoms with Gasteiger partial charge in [-0.25, -0.2) is 0 Å². The second-order valence-corrected chi connectivity index (χ2v) is 7.42. The van der Waals surface area contributed by atoms with Gasteiger partial charge in [-0.3, -0.25) is 4.79 Å². The summed E-state index contributed by atoms with van der Waals surface area (Å²) >= 11 is 0. The summed E-state index contributed by atoms with van der Waals surface area (Å²) in [5.74, 6) is 1.03. The maximum absolute atomic E-state index is 11.1. The lowest BCUT2D eigenvalue weighted by atomic mass is 9.87. The fourth-order valence-corrected chi connectivity index (χ4v) is 3.08. The molecule has 0 aromatic carbocycles. The van der Waals surface area contributed by atoms with E-state index in [4.69, 9.17) is 5.11 Å². The molecular weight excluding hydrogens is 250 g/mol. The molecule has 0 aliphatic carbocycles. The molecule has 0 spiro atoms. The molecule has 0 saturated carbocycles. The number of likely N-dealkylation sites (tertiary alicyclic amines) is 1. The molecular formula is C17H33NO2. The second-order valence-electron chi connectivity index (χ2n) is 7.42. The molecule has 1 unspecified atom stereocenters. The number of unbranched alkanes of at least 4 members (excludes halogenated alkanes) is 1. The lowest BCUT2D eigenvalue weighted by molar-refractivity contribution is -0.147. The highest BCUT2D eigenvalue weighted by atomic mass is 16.4. The second kappa shape index (κ2) is 8.02. The molecule has 3 heteroatoms. The third kappa shape index (κ3) is 5.82. The predicted octanol–water partition coefficient (Wildman–Crippen LogP) is 4.03. The third-order valence-corrected chi connectivity index (χ3v) is 4.91. The van der Waals surface area contributed by atoms with E-state index in [0.29, 0.717) is 0 Å². The molecule has 1 rings (SSSR count). The molecule has 1 atom stereocenters. The maximum atomic E-state index is 11.1. The van der Waals surface area contributed by atoms with Crippen molar-refractivity contribution in [3.63, 3.8) is 0 Å². The van der Waals surface area contributed by atoms with E-state index < -0.39 is 11.4 Å². The molecule has 1 aliphatic heterocycles. The van der Waals surface area contributed by atoms with Crippen LogP contribution in [0.3, 0.4) is 0 Å². The Kier molecular flexibility index (Phi) is 7.01. The number of aliphatic carboxylic acids is 1. The van der Waals surface area contributed by atoms with Crippen LogP contribution in [0.2, 0.25) is 0 Å². The molecule has 1 saturated heterocycles. The van der Waals surface area contributed by atoms with Gasteiger partial charge in [0.15, 0.2) is 0 Å². The minimum Gasteiger partial charge on any atom is -0.481 e. The lowest BCUT2D eigenvalue weighted by Crippen LogP contribution is -2.27. The lowest BCUT2D eigenvalue weighted by Gasteiger charge is -2.22. The quantitative estimate of drug-likeness (QED) is 0.717. The van der Waals surface area contributed by atoms with E-state index in [1.807, 2.05) is 13.8 Å². The van der Waals surface area contributed by atoms with Gasteiger partial charge in [-0.05, 0) is 77.4 Å². The Balaban J connectivity index is 2.21. The van der Waals surface area contributed by atoms with Crippen molar-refractivity contribution < 1.29 is 9.90 Å². The van der Waals surface area contributed by atoms with Crippen molar-refractivity contribution in [2.75, 3.05) is 19.6 Å². The van der Waals surface area contributed by atoms with Crippen molar-refractivity contribution in [1.29, 1.82) is 0 Å². The van der Waals surface area contributed by atoms with Gasteiger partial charge in [-0.15, -0.1) is 0 Å². The summed E-state index contributed by atoms with van der Waals surface area (Å²) in [6.07, 6.45) is 6.96. The average molecular weight is 283 g/mol. The topological polar surface area (TPSA) is 40.5 Å². The minimum atomic E-state index is -0.674. The summed E-state index contributed by atoms with van der Waals surface area (Å²) < 4.78 is 0. The normalized spacial score (nSPS) is 21.9. The highest BCUT2D eigenvalue weighted by Gasteiger charge is 2.26. The Morgan fingerprint density at radius 2 is 1.95 bits per heavy atom. The minimum absolute atomic E-state index is 0.568. The summed E-state index contributed by atoms with van der Waals surface area (Å²) in [4.78, 5) is 13.6. The van der Waals surface area contributed by atoms with Crippen LogP contribution in [0, 0.1) is 17.3 Å². The first kappa shape index (κ1) is 17.5. The summed E-state index contributed by atoms with van der Waals surface area (Å²) in [7, 11) is 0. The van der Waals surface area contributed by atoms with E-state index in [1.165, 1.54) is 32.4 Å². The monoisotopic (exact) mass is 283 g/mol. The summed E-state index contributed by atoms with van der Waals surface area (Å²) in [5.41, 5.74) is -0.568. The molecule has 3 nitrogen and oxygen atoms in total. The number of nitrogens with zero attached hydrogens (tertiary/aromatic N) is 1. The Morgan fingerprint density at radius 3 is 2.55 bits per heavy atom. The van der Waals surface area contributed by atoms with Crippen molar-refractivity contribution in [2.24, 2.45) is 17.3 Å². The number of hydrogen-bond acceptors (Lipinski definition) is 2. The first-order chi connectivity index (χ1) is 9.33. The van der Waals surface area contributed by atoms with Gasteiger partial charge in [-0.1, -0.05) is 20.3 Å². The van der Waals surface area contributed by atoms with Crippen LogP contribution < -0.4 is 0 Å². The number of carboxylic acids is 1. The van der Waals surface area contributed by atoms with Gasteiger partial charge in [0.2, 0.25) is 0 Å². The van der Waals surface area contributed by atoms with Gasteiger partial charge in [0.1, 0.15) is 0 Å². The summed E-state index contributed by atoms with van der Waals surface area (Å²) in [6.45, 7) is 11.9. The zero-order valence-electron chi connectivity index (χ0n) is 13.8. The highest BCUT2D eigenvalue weighted by Crippen LogP contribution is 2.26. The van der Waals surface area contributed by atoms with Crippen LogP contribution >= 0.6 is 0 Å². The fourth-order valence-electron chi connectivity index (χ4n) is 3.08. The number of carboxylic acid groups (broad SMARTS) is 1. The Morgan fingerprint density at radius 1 is 1.25 bits per heavy atom. The van der Waals surface area contributed by atoms with Crippen LogP contribution in [0.1, 0.15) is 66.2 Å². The fraction of sp³-hybridized carbons (Fsp3) is 0.941. The van der Waals surface area contributed by atoms with Gasteiger partial charge < -0.3 is 10.0 Å². The van der Waals surface area contributed by atoms with Gasteiger partial charge >= 0.3 is 5.97 Å². The zero-order valence-corrected chi connectivity index (χ0v) is 13.8. The van der Waals surface area contributed by atoms with E-state index in [9.17, 15) is 4.79 Å². The molecule has 1 fully saturated rings. The third-order valence-electron chi connectivity index (χ3n) is 4.91. The summed E-state index contributed by atoms with van der Waals surface area (Å²) in [5, 5.41) is 9.10. The van der Waals surface area contributed by atoms with Gasteiger partial charge in [0.05, 0.1) is 5.41 Å². The SMILES string of the molecule is CC(C)C1CCCN(CCCCC(C)(C)C(=O)O)CC1. The Bertz CT molecular complexity index is 299. The van der Waals surface area contributed by atoms with E-state index in [0.717, 1.165) is 37.6 Å². The predicted molar refractivity (Wildman–Crippen MR) is 83.9 cm³/mol. The summed E-state index contributed by atoms with van der Waals surface area (Å²) in [6, 6.07) is 0. The molecule has 0 radical (unpaired) electrons. The van der Waals surface area contributed by atoms with E-state index >= 15 is 0 Å². The maximum Gasteiger partial charge on any atom is 0.309 e. The highest BCUT2D eigenvalue weighted by molar-refractivity contribution is 5.73. The molecule has 1 N–H and O–H groups in total. The number of hydrogen-bond donors (Lipinski definition) is 1. The van der Waals surface area contributed by atoms with Crippen LogP contribution in [0.4, 0.5) is 0 Å². The van der Waals surface area contributed by atoms with E-state index in [-0.39, 0.29) is 0 Å². The van der Waals surface area contributed by atoms with Crippen molar-refractivity contribution >= 4 is 5.97 Å². The van der Waals surface area contributed by atoms with Crippen LogP contribution in [0.15, 0.2) is 0 Å². The Hall–Kier alpha value is -0.570. The van der Waals surface area contributed by atoms with Crippen LogP contribution in [-0.4, -0.2) is 35.6 Å². The molecule has 118 valence electrons. The van der Waals surface area contributed by atoms with Gasteiger partial charge in [-0.2, -0.15) is 0 Å². The van der Waals surface area contributed by atoms with E-state index in [2.05, 4.69) is 18.7 Å². The van der Waals surface area contributed by atoms with Crippen LogP contribution in [0.25, 0.3) is 0 Å². The number of carbonyl (C=O) groups is 1. The number of rotatable bonds is 7. The van der Waals surface area contributed by atoms with Crippen molar-refractivity contribution in [3.8, 4) is 0 Å². The smallest absolute Gasteiger partial charge is 0.309 e. The molecule has 0 amide bonds. The molecule has 0 aromatic rings. The van der Waals surface area contributed by atoms with Gasteiger partial charge in [0.25, 0.3) is 0 Å². The van der Waals surface area contributed by atoms with Crippen molar-refractivity contribution in [3.05, 3.63) is 0 Å². The molecule has 0 bridgehead atoms. The van der Waals surface area contributed by atoms with E-state index in [1.54, 1.807) is 0 Å². The Labute approximate surface area is 124 Å². The first-order valence-electron chi connectivity index (χ1n) is 8.28. The molecule has 1 heterocycles. The molecule has 20 heavy (non-hydrogen) atoms.